The third kappa shape index (κ3) is 2.54. The second-order valence-corrected chi connectivity index (χ2v) is 6.64. The molecule has 0 saturated heterocycles. The minimum absolute atomic E-state index is 0.00602. The van der Waals surface area contributed by atoms with E-state index in [4.69, 9.17) is 0 Å². The van der Waals surface area contributed by atoms with Gasteiger partial charge in [0.15, 0.2) is 5.78 Å². The lowest BCUT2D eigenvalue weighted by atomic mass is 10.0. The Hall–Kier alpha value is -2.17. The van der Waals surface area contributed by atoms with Crippen molar-refractivity contribution in [2.24, 2.45) is 0 Å². The number of carbonyl (C=O) groups excluding carboxylic acids is 1. The van der Waals surface area contributed by atoms with Crippen LogP contribution in [0.2, 0.25) is 0 Å². The van der Waals surface area contributed by atoms with Gasteiger partial charge in [0.1, 0.15) is 0 Å². The first-order chi connectivity index (χ1) is 10.6. The SMILES string of the molecule is CC(=O)c1c(C)c2c(=O)n(C(C)C)c(C)cc2n(C(C)C)c1=O. The number of hydrogen-bond acceptors (Lipinski definition) is 3. The minimum atomic E-state index is -0.321. The van der Waals surface area contributed by atoms with Crippen molar-refractivity contribution in [3.05, 3.63) is 43.6 Å². The molecular formula is C18H24N2O3. The first-order valence-corrected chi connectivity index (χ1v) is 7.91. The first kappa shape index (κ1) is 17.2. The molecule has 2 rings (SSSR count). The number of aryl methyl sites for hydroxylation is 2. The van der Waals surface area contributed by atoms with Gasteiger partial charge in [-0.1, -0.05) is 0 Å². The van der Waals surface area contributed by atoms with E-state index in [2.05, 4.69) is 0 Å². The zero-order valence-electron chi connectivity index (χ0n) is 14.9. The van der Waals surface area contributed by atoms with Crippen LogP contribution >= 0.6 is 0 Å². The lowest BCUT2D eigenvalue weighted by Crippen LogP contribution is -2.33. The lowest BCUT2D eigenvalue weighted by Gasteiger charge is -2.21. The molecule has 0 fully saturated rings. The minimum Gasteiger partial charge on any atom is -0.310 e. The molecule has 0 N–H and O–H groups in total. The van der Waals surface area contributed by atoms with E-state index in [-0.39, 0.29) is 34.5 Å². The maximum atomic E-state index is 13.0. The van der Waals surface area contributed by atoms with E-state index in [0.717, 1.165) is 5.69 Å². The van der Waals surface area contributed by atoms with E-state index >= 15 is 0 Å². The number of pyridine rings is 2. The van der Waals surface area contributed by atoms with Crippen LogP contribution in [0, 0.1) is 13.8 Å². The van der Waals surface area contributed by atoms with E-state index in [1.807, 2.05) is 40.7 Å². The number of rotatable bonds is 3. The molecule has 0 saturated carbocycles. The van der Waals surface area contributed by atoms with Crippen molar-refractivity contribution >= 4 is 16.7 Å². The highest BCUT2D eigenvalue weighted by Gasteiger charge is 2.22. The summed E-state index contributed by atoms with van der Waals surface area (Å²) in [5.74, 6) is -0.306. The molecule has 0 aliphatic heterocycles. The van der Waals surface area contributed by atoms with Crippen LogP contribution in [0.3, 0.4) is 0 Å². The first-order valence-electron chi connectivity index (χ1n) is 7.91. The van der Waals surface area contributed by atoms with Crippen molar-refractivity contribution in [3.63, 3.8) is 0 Å². The lowest BCUT2D eigenvalue weighted by molar-refractivity contribution is 0.101. The van der Waals surface area contributed by atoms with Gasteiger partial charge in [-0.25, -0.2) is 0 Å². The van der Waals surface area contributed by atoms with Crippen LogP contribution in [0.25, 0.3) is 10.9 Å². The normalized spacial score (nSPS) is 11.7. The van der Waals surface area contributed by atoms with Crippen LogP contribution < -0.4 is 11.1 Å². The molecule has 5 nitrogen and oxygen atoms in total. The summed E-state index contributed by atoms with van der Waals surface area (Å²) in [5, 5.41) is 0.461. The molecule has 5 heteroatoms. The number of Topliss-reactive ketones (excluding diaryl/α,β-unsaturated/α-hetero) is 1. The summed E-state index contributed by atoms with van der Waals surface area (Å²) in [5.41, 5.74) is 1.53. The Bertz CT molecular complexity index is 915. The maximum Gasteiger partial charge on any atom is 0.262 e. The Morgan fingerprint density at radius 1 is 0.957 bits per heavy atom. The fourth-order valence-corrected chi connectivity index (χ4v) is 3.36. The largest absolute Gasteiger partial charge is 0.310 e. The van der Waals surface area contributed by atoms with E-state index in [9.17, 15) is 14.4 Å². The van der Waals surface area contributed by atoms with Crippen LogP contribution in [0.1, 0.15) is 68.3 Å². The van der Waals surface area contributed by atoms with Crippen molar-refractivity contribution in [3.8, 4) is 0 Å². The van der Waals surface area contributed by atoms with Gasteiger partial charge in [0, 0.05) is 17.8 Å². The van der Waals surface area contributed by atoms with Gasteiger partial charge in [-0.3, -0.25) is 14.4 Å². The Morgan fingerprint density at radius 3 is 1.91 bits per heavy atom. The summed E-state index contributed by atoms with van der Waals surface area (Å²) in [6.45, 7) is 12.6. The summed E-state index contributed by atoms with van der Waals surface area (Å²) in [7, 11) is 0. The molecule has 0 unspecified atom stereocenters. The third-order valence-corrected chi connectivity index (χ3v) is 4.24. The quantitative estimate of drug-likeness (QED) is 0.817. The molecule has 0 aromatic carbocycles. The van der Waals surface area contributed by atoms with Crippen LogP contribution in [0.15, 0.2) is 15.7 Å². The van der Waals surface area contributed by atoms with Crippen molar-refractivity contribution in [1.82, 2.24) is 9.13 Å². The second-order valence-electron chi connectivity index (χ2n) is 6.64. The van der Waals surface area contributed by atoms with E-state index in [1.165, 1.54) is 6.92 Å². The Labute approximate surface area is 135 Å². The van der Waals surface area contributed by atoms with Gasteiger partial charge in [0.05, 0.1) is 16.5 Å². The molecular weight excluding hydrogens is 292 g/mol. The molecule has 2 aromatic heterocycles. The number of aromatic nitrogens is 2. The van der Waals surface area contributed by atoms with Crippen LogP contribution in [0.5, 0.6) is 0 Å². The molecule has 0 amide bonds. The standard InChI is InChI=1S/C18H24N2O3/c1-9(2)19-11(5)8-14-16(18(19)23)12(6)15(13(7)21)17(22)20(14)10(3)4/h8-10H,1-7H3. The monoisotopic (exact) mass is 316 g/mol. The molecule has 0 radical (unpaired) electrons. The molecule has 0 spiro atoms. The van der Waals surface area contributed by atoms with Gasteiger partial charge in [-0.2, -0.15) is 0 Å². The number of hydrogen-bond donors (Lipinski definition) is 0. The summed E-state index contributed by atoms with van der Waals surface area (Å²) < 4.78 is 3.26. The van der Waals surface area contributed by atoms with Crippen LogP contribution in [-0.4, -0.2) is 14.9 Å². The molecule has 2 heterocycles. The molecule has 0 aliphatic carbocycles. The smallest absolute Gasteiger partial charge is 0.262 e. The van der Waals surface area contributed by atoms with E-state index in [0.29, 0.717) is 16.5 Å². The van der Waals surface area contributed by atoms with Gasteiger partial charge >= 0.3 is 0 Å². The molecule has 0 bridgehead atoms. The topological polar surface area (TPSA) is 61.1 Å². The van der Waals surface area contributed by atoms with Crippen molar-refractivity contribution in [2.45, 2.75) is 60.5 Å². The molecule has 0 aliphatic rings. The Kier molecular flexibility index (Phi) is 4.33. The van der Waals surface area contributed by atoms with Crippen LogP contribution in [0.4, 0.5) is 0 Å². The fourth-order valence-electron chi connectivity index (χ4n) is 3.36. The highest BCUT2D eigenvalue weighted by Crippen LogP contribution is 2.22. The van der Waals surface area contributed by atoms with Gasteiger partial charge in [0.25, 0.3) is 11.1 Å². The maximum absolute atomic E-state index is 13.0. The van der Waals surface area contributed by atoms with Gasteiger partial charge < -0.3 is 9.13 Å². The molecule has 0 atom stereocenters. The fraction of sp³-hybridized carbons (Fsp3) is 0.500. The van der Waals surface area contributed by atoms with Gasteiger partial charge in [-0.05, 0) is 60.1 Å². The average molecular weight is 316 g/mol. The van der Waals surface area contributed by atoms with Gasteiger partial charge in [-0.15, -0.1) is 0 Å². The Balaban J connectivity index is 3.23. The molecule has 2 aromatic rings. The van der Waals surface area contributed by atoms with Crippen molar-refractivity contribution in [2.75, 3.05) is 0 Å². The molecule has 124 valence electrons. The van der Waals surface area contributed by atoms with E-state index in [1.54, 1.807) is 16.1 Å². The van der Waals surface area contributed by atoms with E-state index < -0.39 is 0 Å². The zero-order valence-corrected chi connectivity index (χ0v) is 14.9. The number of fused-ring (bicyclic) bond motifs is 1. The van der Waals surface area contributed by atoms with Crippen molar-refractivity contribution < 1.29 is 4.79 Å². The molecule has 23 heavy (non-hydrogen) atoms. The summed E-state index contributed by atoms with van der Waals surface area (Å²) in [6, 6.07) is 1.73. The number of ketones is 1. The third-order valence-electron chi connectivity index (χ3n) is 4.24. The predicted molar refractivity (Wildman–Crippen MR) is 92.7 cm³/mol. The zero-order chi connectivity index (χ0) is 17.6. The highest BCUT2D eigenvalue weighted by molar-refractivity contribution is 5.99. The second kappa shape index (κ2) is 5.80. The summed E-state index contributed by atoms with van der Waals surface area (Å²) >= 11 is 0. The highest BCUT2D eigenvalue weighted by atomic mass is 16.1. The number of carbonyl (C=O) groups is 1. The average Bonchev–Trinajstić information content (AvgIpc) is 2.35. The van der Waals surface area contributed by atoms with Crippen LogP contribution in [-0.2, 0) is 0 Å². The summed E-state index contributed by atoms with van der Waals surface area (Å²) in [4.78, 5) is 37.8. The number of nitrogens with zero attached hydrogens (tertiary/aromatic N) is 2. The predicted octanol–water partition coefficient (Wildman–Crippen LogP) is 3.14. The van der Waals surface area contributed by atoms with Gasteiger partial charge in [0.2, 0.25) is 0 Å². The van der Waals surface area contributed by atoms with Crippen molar-refractivity contribution in [1.29, 1.82) is 0 Å². The summed E-state index contributed by atoms with van der Waals surface area (Å²) in [6.07, 6.45) is 0. The Morgan fingerprint density at radius 2 is 1.48 bits per heavy atom.